The molecule has 0 amide bonds. The molecule has 0 bridgehead atoms. The lowest BCUT2D eigenvalue weighted by atomic mass is 10.1. The summed E-state index contributed by atoms with van der Waals surface area (Å²) in [5.41, 5.74) is 1.54. The largest absolute Gasteiger partial charge is 0.465 e. The summed E-state index contributed by atoms with van der Waals surface area (Å²) in [7, 11) is 1.21. The number of morpholine rings is 1. The van der Waals surface area contributed by atoms with Gasteiger partial charge >= 0.3 is 5.97 Å². The molecule has 0 N–H and O–H groups in total. The molecule has 7 nitrogen and oxygen atoms in total. The van der Waals surface area contributed by atoms with Gasteiger partial charge in [0.05, 0.1) is 18.1 Å². The molecule has 2 unspecified atom stereocenters. The van der Waals surface area contributed by atoms with Gasteiger partial charge in [0.15, 0.2) is 0 Å². The van der Waals surface area contributed by atoms with Crippen LogP contribution in [0.25, 0.3) is 0 Å². The molecule has 1 aromatic heterocycles. The maximum atomic E-state index is 11.9. The van der Waals surface area contributed by atoms with Gasteiger partial charge in [-0.3, -0.25) is 10.1 Å². The van der Waals surface area contributed by atoms with Gasteiger partial charge in [-0.25, -0.2) is 4.79 Å². The van der Waals surface area contributed by atoms with Crippen LogP contribution >= 0.6 is 11.3 Å². The fourth-order valence-electron chi connectivity index (χ4n) is 2.96. The van der Waals surface area contributed by atoms with Gasteiger partial charge in [-0.15, -0.1) is 0 Å². The highest BCUT2D eigenvalue weighted by atomic mass is 32.1. The third kappa shape index (κ3) is 3.64. The number of nitro groups is 1. The van der Waals surface area contributed by atoms with Gasteiger partial charge < -0.3 is 14.4 Å². The van der Waals surface area contributed by atoms with Crippen LogP contribution in [0.1, 0.15) is 28.9 Å². The van der Waals surface area contributed by atoms with Crippen molar-refractivity contribution in [2.75, 3.05) is 25.1 Å². The highest BCUT2D eigenvalue weighted by Crippen LogP contribution is 2.32. The van der Waals surface area contributed by atoms with Crippen molar-refractivity contribution in [1.82, 2.24) is 0 Å². The fourth-order valence-corrected chi connectivity index (χ4v) is 3.66. The van der Waals surface area contributed by atoms with Crippen molar-refractivity contribution in [3.8, 4) is 0 Å². The molecule has 1 fully saturated rings. The Hall–Kier alpha value is -2.45. The molecule has 0 radical (unpaired) electrons. The van der Waals surface area contributed by atoms with E-state index in [1.54, 1.807) is 17.4 Å². The van der Waals surface area contributed by atoms with E-state index >= 15 is 0 Å². The zero-order chi connectivity index (χ0) is 18.0. The van der Waals surface area contributed by atoms with Gasteiger partial charge in [0.1, 0.15) is 11.7 Å². The van der Waals surface area contributed by atoms with Gasteiger partial charge in [0.2, 0.25) is 0 Å². The van der Waals surface area contributed by atoms with Crippen LogP contribution in [-0.4, -0.2) is 37.2 Å². The summed E-state index contributed by atoms with van der Waals surface area (Å²) in [5.74, 6) is -0.718. The van der Waals surface area contributed by atoms with Crippen LogP contribution in [0.5, 0.6) is 0 Å². The first-order chi connectivity index (χ1) is 12.0. The Morgan fingerprint density at radius 1 is 1.40 bits per heavy atom. The molecule has 1 aliphatic heterocycles. The second-order valence-corrected chi connectivity index (χ2v) is 6.63. The summed E-state index contributed by atoms with van der Waals surface area (Å²) in [5, 5.41) is 15.2. The van der Waals surface area contributed by atoms with Crippen molar-refractivity contribution in [2.24, 2.45) is 0 Å². The summed E-state index contributed by atoms with van der Waals surface area (Å²) >= 11 is 1.61. The smallest absolute Gasteiger partial charge is 0.344 e. The molecule has 0 saturated carbocycles. The Balaban J connectivity index is 1.92. The number of thiophene rings is 1. The van der Waals surface area contributed by atoms with E-state index in [4.69, 9.17) is 4.74 Å². The van der Waals surface area contributed by atoms with Crippen molar-refractivity contribution in [1.29, 1.82) is 0 Å². The number of hydrogen-bond acceptors (Lipinski definition) is 7. The van der Waals surface area contributed by atoms with Gasteiger partial charge in [-0.1, -0.05) is 0 Å². The zero-order valence-electron chi connectivity index (χ0n) is 13.9. The maximum absolute atomic E-state index is 11.9. The van der Waals surface area contributed by atoms with E-state index in [1.165, 1.54) is 19.2 Å². The average molecular weight is 362 g/mol. The minimum atomic E-state index is -0.718. The third-order valence-corrected chi connectivity index (χ3v) is 4.82. The molecular weight excluding hydrogens is 344 g/mol. The molecule has 0 spiro atoms. The fraction of sp³-hybridized carbons (Fsp3) is 0.353. The van der Waals surface area contributed by atoms with Crippen LogP contribution in [0.15, 0.2) is 35.0 Å². The van der Waals surface area contributed by atoms with E-state index in [2.05, 4.69) is 15.0 Å². The van der Waals surface area contributed by atoms with E-state index in [1.807, 2.05) is 18.4 Å². The number of esters is 1. The molecule has 1 aromatic carbocycles. The SMILES string of the molecule is COC(=O)c1cc(N2CC(C)OC(c3ccsc3)C2)ccc1[N+](=O)[O-]. The molecule has 0 aliphatic carbocycles. The number of benzene rings is 1. The molecular formula is C17H18N2O5S. The lowest BCUT2D eigenvalue weighted by Gasteiger charge is -2.38. The monoisotopic (exact) mass is 362 g/mol. The third-order valence-electron chi connectivity index (χ3n) is 4.12. The second kappa shape index (κ2) is 7.20. The molecule has 8 heteroatoms. The summed E-state index contributed by atoms with van der Waals surface area (Å²) in [6.45, 7) is 3.23. The maximum Gasteiger partial charge on any atom is 0.344 e. The number of carbonyl (C=O) groups excluding carboxylic acids is 1. The first-order valence-corrected chi connectivity index (χ1v) is 8.73. The predicted molar refractivity (Wildman–Crippen MR) is 94.3 cm³/mol. The van der Waals surface area contributed by atoms with Gasteiger partial charge in [-0.2, -0.15) is 11.3 Å². The van der Waals surface area contributed by atoms with Crippen molar-refractivity contribution in [2.45, 2.75) is 19.1 Å². The molecule has 25 heavy (non-hydrogen) atoms. The minimum absolute atomic E-state index is 0.00424. The minimum Gasteiger partial charge on any atom is -0.465 e. The molecule has 2 heterocycles. The molecule has 1 saturated heterocycles. The van der Waals surface area contributed by atoms with E-state index in [0.717, 1.165) is 11.3 Å². The lowest BCUT2D eigenvalue weighted by Crippen LogP contribution is -2.42. The Morgan fingerprint density at radius 3 is 2.84 bits per heavy atom. The van der Waals surface area contributed by atoms with E-state index in [0.29, 0.717) is 13.1 Å². The number of ether oxygens (including phenoxy) is 2. The van der Waals surface area contributed by atoms with Crippen molar-refractivity contribution >= 4 is 28.7 Å². The molecule has 2 aromatic rings. The van der Waals surface area contributed by atoms with Gasteiger partial charge in [0, 0.05) is 24.8 Å². The normalized spacial score (nSPS) is 20.3. The van der Waals surface area contributed by atoms with E-state index in [-0.39, 0.29) is 23.5 Å². The van der Waals surface area contributed by atoms with E-state index < -0.39 is 10.9 Å². The number of hydrogen-bond donors (Lipinski definition) is 0. The highest BCUT2D eigenvalue weighted by molar-refractivity contribution is 7.07. The average Bonchev–Trinajstić information content (AvgIpc) is 3.14. The van der Waals surface area contributed by atoms with Crippen molar-refractivity contribution in [3.63, 3.8) is 0 Å². The first kappa shape index (κ1) is 17.4. The predicted octanol–water partition coefficient (Wildman–Crippen LogP) is 3.41. The topological polar surface area (TPSA) is 81.9 Å². The quantitative estimate of drug-likeness (QED) is 0.471. The Kier molecular flexibility index (Phi) is 5.00. The molecule has 2 atom stereocenters. The molecule has 3 rings (SSSR count). The number of nitro benzene ring substituents is 1. The first-order valence-electron chi connectivity index (χ1n) is 7.79. The van der Waals surface area contributed by atoms with Crippen LogP contribution < -0.4 is 4.90 Å². The van der Waals surface area contributed by atoms with Crippen LogP contribution in [0.3, 0.4) is 0 Å². The lowest BCUT2D eigenvalue weighted by molar-refractivity contribution is -0.385. The van der Waals surface area contributed by atoms with Crippen LogP contribution in [0, 0.1) is 10.1 Å². The summed E-state index contributed by atoms with van der Waals surface area (Å²) in [6.07, 6.45) is -0.0813. The number of nitrogens with zero attached hydrogens (tertiary/aromatic N) is 2. The highest BCUT2D eigenvalue weighted by Gasteiger charge is 2.29. The molecule has 1 aliphatic rings. The number of anilines is 1. The van der Waals surface area contributed by atoms with Crippen LogP contribution in [0.2, 0.25) is 0 Å². The van der Waals surface area contributed by atoms with Crippen LogP contribution in [0.4, 0.5) is 11.4 Å². The number of carbonyl (C=O) groups is 1. The van der Waals surface area contributed by atoms with Crippen LogP contribution in [-0.2, 0) is 9.47 Å². The Morgan fingerprint density at radius 2 is 2.20 bits per heavy atom. The molecule has 132 valence electrons. The van der Waals surface area contributed by atoms with E-state index in [9.17, 15) is 14.9 Å². The summed E-state index contributed by atoms with van der Waals surface area (Å²) in [6, 6.07) is 6.56. The van der Waals surface area contributed by atoms with Crippen molar-refractivity contribution < 1.29 is 19.2 Å². The Bertz CT molecular complexity index is 777. The number of methoxy groups -OCH3 is 1. The van der Waals surface area contributed by atoms with Gasteiger partial charge in [-0.05, 0) is 41.4 Å². The zero-order valence-corrected chi connectivity index (χ0v) is 14.7. The summed E-state index contributed by atoms with van der Waals surface area (Å²) < 4.78 is 10.7. The Labute approximate surface area is 148 Å². The summed E-state index contributed by atoms with van der Waals surface area (Å²) in [4.78, 5) is 24.6. The van der Waals surface area contributed by atoms with Crippen molar-refractivity contribution in [3.05, 3.63) is 56.3 Å². The van der Waals surface area contributed by atoms with Gasteiger partial charge in [0.25, 0.3) is 5.69 Å². The second-order valence-electron chi connectivity index (χ2n) is 5.85. The standard InChI is InChI=1S/C17H18N2O5S/c1-11-8-18(9-16(24-11)12-5-6-25-10-12)13-3-4-15(19(21)22)14(7-13)17(20)23-2/h3-7,10-11,16H,8-9H2,1-2H3. The number of rotatable bonds is 4.